The summed E-state index contributed by atoms with van der Waals surface area (Å²) in [6.45, 7) is 2.47. The first-order valence-corrected chi connectivity index (χ1v) is 6.34. The number of methoxy groups -OCH3 is 1. The maximum absolute atomic E-state index is 11.7. The summed E-state index contributed by atoms with van der Waals surface area (Å²) in [6.07, 6.45) is 3.25. The van der Waals surface area contributed by atoms with Gasteiger partial charge in [0.05, 0.1) is 18.8 Å². The molecule has 1 fully saturated rings. The molecular formula is C14H20N2O2. The fourth-order valence-electron chi connectivity index (χ4n) is 2.59. The third kappa shape index (κ3) is 2.42. The Hall–Kier alpha value is -1.71. The molecule has 18 heavy (non-hydrogen) atoms. The first-order chi connectivity index (χ1) is 8.63. The summed E-state index contributed by atoms with van der Waals surface area (Å²) in [4.78, 5) is 13.6. The van der Waals surface area contributed by atoms with Crippen molar-refractivity contribution in [2.24, 2.45) is 0 Å². The highest BCUT2D eigenvalue weighted by Crippen LogP contribution is 2.34. The number of anilines is 1. The lowest BCUT2D eigenvalue weighted by Gasteiger charge is -2.35. The molecule has 0 saturated carbocycles. The molecule has 0 aliphatic carbocycles. The zero-order chi connectivity index (χ0) is 13.1. The second-order valence-corrected chi connectivity index (χ2v) is 4.73. The van der Waals surface area contributed by atoms with Gasteiger partial charge in [-0.05, 0) is 37.0 Å². The molecule has 1 aromatic rings. The Balaban J connectivity index is 2.30. The van der Waals surface area contributed by atoms with Crippen LogP contribution in [0, 0.1) is 0 Å². The predicted molar refractivity (Wildman–Crippen MR) is 71.4 cm³/mol. The van der Waals surface area contributed by atoms with E-state index < -0.39 is 0 Å². The van der Waals surface area contributed by atoms with E-state index in [4.69, 9.17) is 10.5 Å². The molecule has 4 heteroatoms. The molecule has 0 aromatic heterocycles. The van der Waals surface area contributed by atoms with Crippen LogP contribution in [0.3, 0.4) is 0 Å². The Morgan fingerprint density at radius 3 is 2.89 bits per heavy atom. The van der Waals surface area contributed by atoms with Crippen molar-refractivity contribution in [3.05, 3.63) is 23.8 Å². The Bertz CT molecular complexity index is 445. The molecule has 1 amide bonds. The van der Waals surface area contributed by atoms with E-state index in [0.717, 1.165) is 31.4 Å². The topological polar surface area (TPSA) is 55.6 Å². The minimum atomic E-state index is 0.135. The monoisotopic (exact) mass is 248 g/mol. The number of carbonyl (C=O) groups excluding carboxylic acids is 1. The maximum Gasteiger partial charge on any atom is 0.219 e. The Morgan fingerprint density at radius 2 is 2.22 bits per heavy atom. The molecule has 1 aliphatic rings. The zero-order valence-corrected chi connectivity index (χ0v) is 11.0. The van der Waals surface area contributed by atoms with E-state index >= 15 is 0 Å². The number of likely N-dealkylation sites (tertiary alicyclic amines) is 1. The molecule has 2 rings (SSSR count). The van der Waals surface area contributed by atoms with Gasteiger partial charge in [0.15, 0.2) is 0 Å². The Morgan fingerprint density at radius 1 is 1.44 bits per heavy atom. The van der Waals surface area contributed by atoms with Crippen molar-refractivity contribution in [1.82, 2.24) is 4.90 Å². The number of piperidine rings is 1. The van der Waals surface area contributed by atoms with Gasteiger partial charge >= 0.3 is 0 Å². The fourth-order valence-corrected chi connectivity index (χ4v) is 2.59. The lowest BCUT2D eigenvalue weighted by atomic mass is 9.95. The number of rotatable bonds is 2. The van der Waals surface area contributed by atoms with Gasteiger partial charge in [-0.25, -0.2) is 0 Å². The van der Waals surface area contributed by atoms with E-state index in [0.29, 0.717) is 11.4 Å². The molecular weight excluding hydrogens is 228 g/mol. The van der Waals surface area contributed by atoms with E-state index in [1.54, 1.807) is 14.0 Å². The number of ether oxygens (including phenoxy) is 1. The first-order valence-electron chi connectivity index (χ1n) is 6.34. The van der Waals surface area contributed by atoms with Crippen molar-refractivity contribution in [3.8, 4) is 5.75 Å². The summed E-state index contributed by atoms with van der Waals surface area (Å²) in [5.41, 5.74) is 7.56. The zero-order valence-electron chi connectivity index (χ0n) is 11.0. The number of amides is 1. The van der Waals surface area contributed by atoms with Crippen LogP contribution in [0.2, 0.25) is 0 Å². The van der Waals surface area contributed by atoms with Gasteiger partial charge in [0.2, 0.25) is 5.91 Å². The van der Waals surface area contributed by atoms with Crippen LogP contribution in [0.25, 0.3) is 0 Å². The van der Waals surface area contributed by atoms with E-state index in [1.165, 1.54) is 0 Å². The van der Waals surface area contributed by atoms with Gasteiger partial charge < -0.3 is 15.4 Å². The molecule has 1 saturated heterocycles. The van der Waals surface area contributed by atoms with Crippen molar-refractivity contribution in [1.29, 1.82) is 0 Å². The fraction of sp³-hybridized carbons (Fsp3) is 0.500. The second-order valence-electron chi connectivity index (χ2n) is 4.73. The smallest absolute Gasteiger partial charge is 0.219 e. The number of nitrogens with zero attached hydrogens (tertiary/aromatic N) is 1. The molecule has 1 heterocycles. The average molecular weight is 248 g/mol. The SMILES string of the molecule is COc1cc(C2CCCCN2C(C)=O)ccc1N. The number of hydrogen-bond donors (Lipinski definition) is 1. The summed E-state index contributed by atoms with van der Waals surface area (Å²) in [5.74, 6) is 0.817. The number of nitrogens with two attached hydrogens (primary N) is 1. The minimum absolute atomic E-state index is 0.135. The van der Waals surface area contributed by atoms with Gasteiger partial charge in [0, 0.05) is 13.5 Å². The molecule has 2 N–H and O–H groups in total. The van der Waals surface area contributed by atoms with Crippen LogP contribution in [0.4, 0.5) is 5.69 Å². The van der Waals surface area contributed by atoms with Gasteiger partial charge in [0.25, 0.3) is 0 Å². The maximum atomic E-state index is 11.7. The molecule has 1 atom stereocenters. The van der Waals surface area contributed by atoms with Crippen molar-refractivity contribution in [2.45, 2.75) is 32.2 Å². The van der Waals surface area contributed by atoms with Crippen molar-refractivity contribution >= 4 is 11.6 Å². The van der Waals surface area contributed by atoms with Crippen LogP contribution in [0.15, 0.2) is 18.2 Å². The lowest BCUT2D eigenvalue weighted by Crippen LogP contribution is -2.36. The van der Waals surface area contributed by atoms with Gasteiger partial charge in [0.1, 0.15) is 5.75 Å². The van der Waals surface area contributed by atoms with E-state index in [9.17, 15) is 4.79 Å². The first kappa shape index (κ1) is 12.7. The largest absolute Gasteiger partial charge is 0.495 e. The van der Waals surface area contributed by atoms with Gasteiger partial charge in [-0.3, -0.25) is 4.79 Å². The summed E-state index contributed by atoms with van der Waals surface area (Å²) < 4.78 is 5.24. The Labute approximate surface area is 108 Å². The van der Waals surface area contributed by atoms with Crippen LogP contribution in [0.1, 0.15) is 37.8 Å². The van der Waals surface area contributed by atoms with Crippen LogP contribution < -0.4 is 10.5 Å². The van der Waals surface area contributed by atoms with Crippen LogP contribution >= 0.6 is 0 Å². The van der Waals surface area contributed by atoms with Gasteiger partial charge in [-0.1, -0.05) is 6.07 Å². The Kier molecular flexibility index (Phi) is 3.75. The number of carbonyl (C=O) groups is 1. The average Bonchev–Trinajstić information content (AvgIpc) is 2.39. The summed E-state index contributed by atoms with van der Waals surface area (Å²) in [5, 5.41) is 0. The lowest BCUT2D eigenvalue weighted by molar-refractivity contribution is -0.132. The summed E-state index contributed by atoms with van der Waals surface area (Å²) >= 11 is 0. The molecule has 0 bridgehead atoms. The minimum Gasteiger partial charge on any atom is -0.495 e. The molecule has 0 radical (unpaired) electrons. The van der Waals surface area contributed by atoms with Crippen molar-refractivity contribution in [3.63, 3.8) is 0 Å². The summed E-state index contributed by atoms with van der Waals surface area (Å²) in [6, 6.07) is 5.94. The van der Waals surface area contributed by atoms with Crippen LogP contribution in [-0.4, -0.2) is 24.5 Å². The number of hydrogen-bond acceptors (Lipinski definition) is 3. The molecule has 4 nitrogen and oxygen atoms in total. The molecule has 98 valence electrons. The highest BCUT2D eigenvalue weighted by atomic mass is 16.5. The van der Waals surface area contributed by atoms with Crippen molar-refractivity contribution < 1.29 is 9.53 Å². The van der Waals surface area contributed by atoms with E-state index in [2.05, 4.69) is 0 Å². The van der Waals surface area contributed by atoms with E-state index in [-0.39, 0.29) is 11.9 Å². The third-order valence-electron chi connectivity index (χ3n) is 3.55. The standard InChI is InChI=1S/C14H20N2O2/c1-10(17)16-8-4-3-5-13(16)11-6-7-12(15)14(9-11)18-2/h6-7,9,13H,3-5,8,15H2,1-2H3. The quantitative estimate of drug-likeness (QED) is 0.817. The normalized spacial score (nSPS) is 19.7. The van der Waals surface area contributed by atoms with Crippen LogP contribution in [0.5, 0.6) is 5.75 Å². The van der Waals surface area contributed by atoms with Crippen molar-refractivity contribution in [2.75, 3.05) is 19.4 Å². The van der Waals surface area contributed by atoms with Gasteiger partial charge in [-0.2, -0.15) is 0 Å². The summed E-state index contributed by atoms with van der Waals surface area (Å²) in [7, 11) is 1.61. The van der Waals surface area contributed by atoms with E-state index in [1.807, 2.05) is 23.1 Å². The molecule has 0 spiro atoms. The van der Waals surface area contributed by atoms with Crippen LogP contribution in [-0.2, 0) is 4.79 Å². The van der Waals surface area contributed by atoms with Gasteiger partial charge in [-0.15, -0.1) is 0 Å². The third-order valence-corrected chi connectivity index (χ3v) is 3.55. The predicted octanol–water partition coefficient (Wildman–Crippen LogP) is 2.35. The molecule has 1 unspecified atom stereocenters. The highest BCUT2D eigenvalue weighted by molar-refractivity contribution is 5.74. The second kappa shape index (κ2) is 5.29. The number of nitrogen functional groups attached to an aromatic ring is 1. The highest BCUT2D eigenvalue weighted by Gasteiger charge is 2.26. The molecule has 1 aromatic carbocycles. The molecule has 1 aliphatic heterocycles. The number of benzene rings is 1.